The number of carbonyl (C=O) groups excluding carboxylic acids is 3. The number of nitrogens with two attached hydrogens (primary N) is 2. The molecule has 10 nitrogen and oxygen atoms in total. The first-order valence-electron chi connectivity index (χ1n) is 9.22. The standard InChI is InChI=1S/C18H22N4O6S/c1-4-27-17(29)22-9-5-21-12-10(14(24)11(19)7(2)13(12)23)8(6-28-16(20)25)18(21,26-3)15(9)22/h8-9,15H,4-6,19H2,1-3H3,(H2,20,25)/t8-,9+,15+,18-,22?/m0/s1. The smallest absolute Gasteiger partial charge is 0.404 e. The van der Waals surface area contributed by atoms with E-state index < -0.39 is 23.5 Å². The van der Waals surface area contributed by atoms with Crippen LogP contribution in [0.2, 0.25) is 0 Å². The van der Waals surface area contributed by atoms with E-state index in [1.807, 2.05) is 11.8 Å². The van der Waals surface area contributed by atoms with Gasteiger partial charge in [-0.15, -0.1) is 0 Å². The largest absolute Gasteiger partial charge is 0.471 e. The molecule has 1 amide bonds. The Morgan fingerprint density at radius 1 is 1.31 bits per heavy atom. The highest BCUT2D eigenvalue weighted by atomic mass is 32.1. The number of fused-ring (bicyclic) bond motifs is 4. The fourth-order valence-electron chi connectivity index (χ4n) is 4.92. The molecule has 0 aromatic carbocycles. The predicted octanol–water partition coefficient (Wildman–Crippen LogP) is -0.617. The molecule has 1 aliphatic carbocycles. The van der Waals surface area contributed by atoms with E-state index in [4.69, 9.17) is 37.9 Å². The van der Waals surface area contributed by atoms with Crippen molar-refractivity contribution in [3.8, 4) is 0 Å². The van der Waals surface area contributed by atoms with Crippen LogP contribution >= 0.6 is 12.2 Å². The second-order valence-corrected chi connectivity index (χ2v) is 7.68. The van der Waals surface area contributed by atoms with Crippen LogP contribution in [-0.4, -0.2) is 77.3 Å². The fourth-order valence-corrected chi connectivity index (χ4v) is 5.29. The number of carbonyl (C=O) groups is 3. The molecular formula is C18H22N4O6S. The highest BCUT2D eigenvalue weighted by Crippen LogP contribution is 2.59. The van der Waals surface area contributed by atoms with E-state index in [0.29, 0.717) is 18.3 Å². The Balaban J connectivity index is 1.79. The van der Waals surface area contributed by atoms with Crippen molar-refractivity contribution in [3.05, 3.63) is 22.5 Å². The van der Waals surface area contributed by atoms with Gasteiger partial charge < -0.3 is 35.5 Å². The molecule has 2 saturated heterocycles. The summed E-state index contributed by atoms with van der Waals surface area (Å²) >= 11 is 5.36. The molecule has 4 atom stereocenters. The molecule has 156 valence electrons. The first-order chi connectivity index (χ1) is 13.7. The number of methoxy groups -OCH3 is 1. The summed E-state index contributed by atoms with van der Waals surface area (Å²) in [5, 5.41) is 0.324. The Kier molecular flexibility index (Phi) is 4.35. The first kappa shape index (κ1) is 19.6. The van der Waals surface area contributed by atoms with Crippen LogP contribution in [0.25, 0.3) is 0 Å². The lowest BCUT2D eigenvalue weighted by Crippen LogP contribution is -2.56. The number of hydrogen-bond donors (Lipinski definition) is 2. The minimum Gasteiger partial charge on any atom is -0.471 e. The van der Waals surface area contributed by atoms with E-state index in [9.17, 15) is 14.4 Å². The van der Waals surface area contributed by atoms with Gasteiger partial charge in [-0.3, -0.25) is 9.59 Å². The molecule has 29 heavy (non-hydrogen) atoms. The Morgan fingerprint density at radius 2 is 2.00 bits per heavy atom. The van der Waals surface area contributed by atoms with E-state index in [1.54, 1.807) is 4.90 Å². The van der Waals surface area contributed by atoms with Gasteiger partial charge in [-0.2, -0.15) is 0 Å². The van der Waals surface area contributed by atoms with Crippen molar-refractivity contribution < 1.29 is 28.6 Å². The number of thiocarbonyl (C=S) groups is 1. The van der Waals surface area contributed by atoms with E-state index in [-0.39, 0.29) is 47.0 Å². The monoisotopic (exact) mass is 422 g/mol. The number of hydrogen-bond acceptors (Lipinski definition) is 9. The summed E-state index contributed by atoms with van der Waals surface area (Å²) < 4.78 is 16.5. The molecule has 0 radical (unpaired) electrons. The lowest BCUT2D eigenvalue weighted by molar-refractivity contribution is -0.142. The van der Waals surface area contributed by atoms with Crippen LogP contribution in [0.3, 0.4) is 0 Å². The van der Waals surface area contributed by atoms with Gasteiger partial charge in [0.05, 0.1) is 30.0 Å². The summed E-state index contributed by atoms with van der Waals surface area (Å²) in [4.78, 5) is 41.1. The highest BCUT2D eigenvalue weighted by Gasteiger charge is 2.77. The van der Waals surface area contributed by atoms with Crippen LogP contribution in [-0.2, 0) is 23.8 Å². The van der Waals surface area contributed by atoms with E-state index in [1.165, 1.54) is 14.0 Å². The number of amides is 1. The summed E-state index contributed by atoms with van der Waals surface area (Å²) in [6.45, 7) is 3.94. The van der Waals surface area contributed by atoms with Gasteiger partial charge in [-0.1, -0.05) is 0 Å². The molecule has 3 aliphatic heterocycles. The number of allylic oxidation sites excluding steroid dienone is 2. The third kappa shape index (κ3) is 2.37. The molecule has 4 aliphatic rings. The van der Waals surface area contributed by atoms with Crippen LogP contribution in [0, 0.1) is 5.92 Å². The van der Waals surface area contributed by atoms with Crippen molar-refractivity contribution >= 4 is 35.1 Å². The summed E-state index contributed by atoms with van der Waals surface area (Å²) in [6.07, 6.45) is -0.988. The van der Waals surface area contributed by atoms with Gasteiger partial charge in [-0.25, -0.2) is 4.79 Å². The lowest BCUT2D eigenvalue weighted by Gasteiger charge is -2.41. The van der Waals surface area contributed by atoms with Crippen molar-refractivity contribution in [1.82, 2.24) is 9.80 Å². The average molecular weight is 422 g/mol. The van der Waals surface area contributed by atoms with Gasteiger partial charge in [0.1, 0.15) is 12.6 Å². The minimum atomic E-state index is -1.14. The lowest BCUT2D eigenvalue weighted by atomic mass is 9.82. The first-order valence-corrected chi connectivity index (χ1v) is 9.63. The maximum absolute atomic E-state index is 13.0. The van der Waals surface area contributed by atoms with Crippen LogP contribution in [0.5, 0.6) is 0 Å². The number of rotatable bonds is 4. The molecule has 4 rings (SSSR count). The second kappa shape index (κ2) is 6.42. The molecule has 11 heteroatoms. The zero-order valence-electron chi connectivity index (χ0n) is 16.3. The number of ketones is 2. The molecule has 2 fully saturated rings. The van der Waals surface area contributed by atoms with Crippen LogP contribution in [0.15, 0.2) is 22.5 Å². The molecule has 0 spiro atoms. The summed E-state index contributed by atoms with van der Waals surface area (Å²) in [6, 6.07) is -0.327. The van der Waals surface area contributed by atoms with Gasteiger partial charge in [0.25, 0.3) is 5.17 Å². The van der Waals surface area contributed by atoms with Gasteiger partial charge in [0, 0.05) is 24.8 Å². The average Bonchev–Trinajstić information content (AvgIpc) is 3.19. The van der Waals surface area contributed by atoms with Gasteiger partial charge >= 0.3 is 6.09 Å². The van der Waals surface area contributed by atoms with Gasteiger partial charge in [0.15, 0.2) is 5.72 Å². The number of ether oxygens (including phenoxy) is 3. The van der Waals surface area contributed by atoms with Crippen molar-refractivity contribution in [2.24, 2.45) is 17.4 Å². The SMILES string of the molecule is CCOC(=S)N1[C@@H]2CN3C4=C(C(=O)C(N)=C(C)C4=O)[C@H](COC(N)=O)[C@]3(OC)[C@@H]21. The molecular weight excluding hydrogens is 400 g/mol. The molecule has 0 saturated carbocycles. The fraction of sp³-hybridized carbons (Fsp3) is 0.556. The van der Waals surface area contributed by atoms with Crippen LogP contribution in [0.4, 0.5) is 4.79 Å². The molecule has 0 aromatic rings. The third-order valence-electron chi connectivity index (χ3n) is 6.17. The Bertz CT molecular complexity index is 914. The zero-order chi connectivity index (χ0) is 21.2. The Hall–Kier alpha value is -2.66. The summed E-state index contributed by atoms with van der Waals surface area (Å²) in [7, 11) is 1.49. The molecule has 3 heterocycles. The van der Waals surface area contributed by atoms with Crippen molar-refractivity contribution in [1.29, 1.82) is 0 Å². The van der Waals surface area contributed by atoms with Crippen LogP contribution < -0.4 is 11.5 Å². The minimum absolute atomic E-state index is 0.0504. The topological polar surface area (TPSA) is 137 Å². The highest BCUT2D eigenvalue weighted by molar-refractivity contribution is 7.80. The number of nitrogens with zero attached hydrogens (tertiary/aromatic N) is 2. The number of primary amides is 1. The third-order valence-corrected chi connectivity index (χ3v) is 6.50. The molecule has 0 bridgehead atoms. The van der Waals surface area contributed by atoms with Crippen molar-refractivity contribution in [2.75, 3.05) is 26.9 Å². The molecule has 0 aromatic heterocycles. The second-order valence-electron chi connectivity index (χ2n) is 7.33. The summed E-state index contributed by atoms with van der Waals surface area (Å²) in [5.41, 5.74) is 10.5. The predicted molar refractivity (Wildman–Crippen MR) is 103 cm³/mol. The molecule has 4 N–H and O–H groups in total. The summed E-state index contributed by atoms with van der Waals surface area (Å²) in [5.74, 6) is -1.56. The normalized spacial score (nSPS) is 32.3. The van der Waals surface area contributed by atoms with E-state index in [0.717, 1.165) is 0 Å². The van der Waals surface area contributed by atoms with Crippen LogP contribution in [0.1, 0.15) is 13.8 Å². The maximum Gasteiger partial charge on any atom is 0.404 e. The zero-order valence-corrected chi connectivity index (χ0v) is 17.1. The van der Waals surface area contributed by atoms with E-state index in [2.05, 4.69) is 0 Å². The Morgan fingerprint density at radius 3 is 2.59 bits per heavy atom. The Labute approximate surface area is 172 Å². The number of piperazine rings is 1. The molecule has 0 unspecified atom stereocenters. The van der Waals surface area contributed by atoms with Gasteiger partial charge in [0.2, 0.25) is 11.6 Å². The van der Waals surface area contributed by atoms with Crippen molar-refractivity contribution in [2.45, 2.75) is 31.7 Å². The quantitative estimate of drug-likeness (QED) is 0.343. The van der Waals surface area contributed by atoms with Crippen molar-refractivity contribution in [3.63, 3.8) is 0 Å². The van der Waals surface area contributed by atoms with E-state index >= 15 is 0 Å². The maximum atomic E-state index is 13.0. The van der Waals surface area contributed by atoms with Gasteiger partial charge in [-0.05, 0) is 26.1 Å². The number of Topliss-reactive ketones (excluding diaryl/α,β-unsaturated/α-hetero) is 2.